The van der Waals surface area contributed by atoms with Crippen LogP contribution in [0.25, 0.3) is 0 Å². The molecule has 2 aromatic carbocycles. The maximum Gasteiger partial charge on any atom is 0.403 e. The lowest BCUT2D eigenvalue weighted by Gasteiger charge is -2.31. The molecule has 0 spiro atoms. The van der Waals surface area contributed by atoms with Gasteiger partial charge in [0.15, 0.2) is 0 Å². The first-order valence-electron chi connectivity index (χ1n) is 12.8. The zero-order valence-corrected chi connectivity index (χ0v) is 22.5. The molecule has 0 saturated carbocycles. The molecule has 7 nitrogen and oxygen atoms in total. The van der Waals surface area contributed by atoms with Crippen LogP contribution in [-0.4, -0.2) is 52.5 Å². The number of amides is 2. The summed E-state index contributed by atoms with van der Waals surface area (Å²) in [6, 6.07) is 20.1. The van der Waals surface area contributed by atoms with Gasteiger partial charge in [0.05, 0.1) is 12.5 Å². The van der Waals surface area contributed by atoms with Gasteiger partial charge in [-0.25, -0.2) is 4.79 Å². The lowest BCUT2D eigenvalue weighted by atomic mass is 9.93. The van der Waals surface area contributed by atoms with E-state index in [1.807, 2.05) is 53.4 Å². The fourth-order valence-electron chi connectivity index (χ4n) is 4.22. The Morgan fingerprint density at radius 1 is 0.865 bits per heavy atom. The molecule has 0 bridgehead atoms. The monoisotopic (exact) mass is 528 g/mol. The van der Waals surface area contributed by atoms with Crippen LogP contribution < -0.4 is 0 Å². The van der Waals surface area contributed by atoms with Crippen LogP contribution in [0.1, 0.15) is 57.1 Å². The minimum atomic E-state index is -0.738. The van der Waals surface area contributed by atoms with Gasteiger partial charge in [0, 0.05) is 44.2 Å². The largest absolute Gasteiger partial charge is 0.454 e. The van der Waals surface area contributed by atoms with Gasteiger partial charge in [0.1, 0.15) is 5.78 Å². The normalized spacial score (nSPS) is 17.1. The second-order valence-electron chi connectivity index (χ2n) is 8.98. The number of hydrogen-bond acceptors (Lipinski definition) is 5. The van der Waals surface area contributed by atoms with E-state index >= 15 is 0 Å². The number of carbonyl (C=O) groups excluding carboxylic acids is 4. The Kier molecular flexibility index (Phi) is 13.4. The number of nitrogens with zero attached hydrogens (tertiary/aromatic N) is 2. The van der Waals surface area contributed by atoms with E-state index in [0.717, 1.165) is 50.9 Å². The van der Waals surface area contributed by atoms with Crippen LogP contribution in [0.5, 0.6) is 0 Å². The second-order valence-corrected chi connectivity index (χ2v) is 9.29. The van der Waals surface area contributed by atoms with Gasteiger partial charge < -0.3 is 14.5 Å². The molecule has 4 rings (SSSR count). The highest BCUT2D eigenvalue weighted by Crippen LogP contribution is 2.20. The van der Waals surface area contributed by atoms with E-state index in [2.05, 4.69) is 16.9 Å². The van der Waals surface area contributed by atoms with Gasteiger partial charge in [-0.3, -0.25) is 14.4 Å². The molecule has 2 amide bonds. The van der Waals surface area contributed by atoms with E-state index in [9.17, 15) is 19.2 Å². The molecule has 2 fully saturated rings. The lowest BCUT2D eigenvalue weighted by Crippen LogP contribution is -2.43. The maximum absolute atomic E-state index is 12.1. The van der Waals surface area contributed by atoms with Crippen molar-refractivity contribution in [1.82, 2.24) is 9.80 Å². The Hall–Kier alpha value is -3.19. The first-order chi connectivity index (χ1) is 17.8. The molecule has 0 radical (unpaired) electrons. The number of likely N-dealkylation sites (tertiary alicyclic amines) is 2. The summed E-state index contributed by atoms with van der Waals surface area (Å²) in [5, 5.41) is 0. The van der Waals surface area contributed by atoms with Crippen LogP contribution in [0.3, 0.4) is 0 Å². The molecule has 200 valence electrons. The Bertz CT molecular complexity index is 1000. The summed E-state index contributed by atoms with van der Waals surface area (Å²) in [4.78, 5) is 48.3. The van der Waals surface area contributed by atoms with Crippen molar-refractivity contribution in [2.24, 2.45) is 5.92 Å². The summed E-state index contributed by atoms with van der Waals surface area (Å²) in [5.74, 6) is -0.118. The second kappa shape index (κ2) is 16.5. The fraction of sp³-hybridized carbons (Fsp3) is 0.448. The Balaban J connectivity index is 0.000000217. The maximum atomic E-state index is 12.1. The molecule has 2 aliphatic heterocycles. The van der Waals surface area contributed by atoms with E-state index in [1.165, 1.54) is 12.5 Å². The number of ketones is 1. The predicted molar refractivity (Wildman–Crippen MR) is 144 cm³/mol. The Morgan fingerprint density at radius 3 is 1.86 bits per heavy atom. The third-order valence-corrected chi connectivity index (χ3v) is 6.24. The zero-order valence-electron chi connectivity index (χ0n) is 21.7. The predicted octanol–water partition coefficient (Wildman–Crippen LogP) is 5.60. The number of piperidine rings is 2. The highest BCUT2D eigenvalue weighted by atomic mass is 35.5. The highest BCUT2D eigenvalue weighted by Gasteiger charge is 2.31. The first-order valence-corrected chi connectivity index (χ1v) is 13.2. The number of benzene rings is 2. The smallest absolute Gasteiger partial charge is 0.403 e. The Labute approximate surface area is 224 Å². The van der Waals surface area contributed by atoms with Crippen molar-refractivity contribution in [3.8, 4) is 0 Å². The van der Waals surface area contributed by atoms with Gasteiger partial charge in [-0.1, -0.05) is 60.7 Å². The van der Waals surface area contributed by atoms with Crippen molar-refractivity contribution >= 4 is 34.6 Å². The van der Waals surface area contributed by atoms with Crippen LogP contribution in [0.2, 0.25) is 0 Å². The summed E-state index contributed by atoms with van der Waals surface area (Å²) < 4.78 is 4.17. The topological polar surface area (TPSA) is 84.0 Å². The van der Waals surface area contributed by atoms with E-state index < -0.39 is 11.3 Å². The molecule has 0 aliphatic carbocycles. The van der Waals surface area contributed by atoms with Gasteiger partial charge in [-0.15, -0.1) is 0 Å². The molecular weight excluding hydrogens is 492 g/mol. The van der Waals surface area contributed by atoms with Gasteiger partial charge >= 0.3 is 5.43 Å². The van der Waals surface area contributed by atoms with Crippen molar-refractivity contribution in [2.75, 3.05) is 19.7 Å². The zero-order chi connectivity index (χ0) is 27.0. The van der Waals surface area contributed by atoms with Crippen molar-refractivity contribution < 1.29 is 23.9 Å². The summed E-state index contributed by atoms with van der Waals surface area (Å²) >= 11 is 4.72. The van der Waals surface area contributed by atoms with Gasteiger partial charge in [0.2, 0.25) is 11.8 Å². The number of carbonyl (C=O) groups is 4. The first kappa shape index (κ1) is 30.0. The summed E-state index contributed by atoms with van der Waals surface area (Å²) in [7, 11) is 0. The Morgan fingerprint density at radius 2 is 1.41 bits per heavy atom. The quantitative estimate of drug-likeness (QED) is 0.360. The molecule has 8 heteroatoms. The van der Waals surface area contributed by atoms with E-state index in [0.29, 0.717) is 25.5 Å². The van der Waals surface area contributed by atoms with Crippen molar-refractivity contribution in [1.29, 1.82) is 0 Å². The third kappa shape index (κ3) is 11.2. The standard InChI is InChI=1S/C14H17NO2.C12H15NO.C3H5ClO2/c1-11(16)13-8-5-9-15(14(13)17)10-12-6-3-2-4-7-12;14-12-8-4-5-9-13(12)10-11-6-2-1-3-7-11;1-2-6-3(4)5/h2-4,6-7,13H,5,8-10H2,1H3;1-3,6-7H,4-5,8-10H2;2H2,1H3. The summed E-state index contributed by atoms with van der Waals surface area (Å²) in [6.07, 6.45) is 4.57. The molecular formula is C29H37ClN2O5. The number of halogens is 1. The van der Waals surface area contributed by atoms with E-state index in [4.69, 9.17) is 11.6 Å². The van der Waals surface area contributed by atoms with Gasteiger partial charge in [0.25, 0.3) is 0 Å². The molecule has 2 aliphatic rings. The molecule has 0 aromatic heterocycles. The SMILES string of the molecule is CC(=O)C1CCCN(Cc2ccccc2)C1=O.CCOC(=O)Cl.O=C1CCCCN1Cc1ccccc1. The summed E-state index contributed by atoms with van der Waals surface area (Å²) in [6.45, 7) is 6.63. The molecule has 1 unspecified atom stereocenters. The molecule has 1 atom stereocenters. The average Bonchev–Trinajstić information content (AvgIpc) is 2.88. The van der Waals surface area contributed by atoms with Crippen LogP contribution in [0.4, 0.5) is 4.79 Å². The number of ether oxygens (including phenoxy) is 1. The minimum absolute atomic E-state index is 0.00670. The number of Topliss-reactive ketones (excluding diaryl/α,β-unsaturated/α-hetero) is 1. The summed E-state index contributed by atoms with van der Waals surface area (Å²) in [5.41, 5.74) is 1.60. The van der Waals surface area contributed by atoms with E-state index in [-0.39, 0.29) is 11.7 Å². The van der Waals surface area contributed by atoms with Crippen LogP contribution >= 0.6 is 11.6 Å². The molecule has 2 heterocycles. The lowest BCUT2D eigenvalue weighted by molar-refractivity contribution is -0.144. The molecule has 37 heavy (non-hydrogen) atoms. The highest BCUT2D eigenvalue weighted by molar-refractivity contribution is 6.61. The van der Waals surface area contributed by atoms with Gasteiger partial charge in [-0.05, 0) is 50.7 Å². The fourth-order valence-corrected chi connectivity index (χ4v) is 4.33. The minimum Gasteiger partial charge on any atom is -0.454 e. The van der Waals surface area contributed by atoms with Crippen LogP contribution in [0.15, 0.2) is 60.7 Å². The van der Waals surface area contributed by atoms with Crippen molar-refractivity contribution in [2.45, 2.75) is 59.0 Å². The molecule has 2 saturated heterocycles. The number of hydrogen-bond donors (Lipinski definition) is 0. The van der Waals surface area contributed by atoms with Crippen molar-refractivity contribution in [3.63, 3.8) is 0 Å². The third-order valence-electron chi connectivity index (χ3n) is 6.13. The van der Waals surface area contributed by atoms with E-state index in [1.54, 1.807) is 11.8 Å². The average molecular weight is 529 g/mol. The van der Waals surface area contributed by atoms with Crippen LogP contribution in [-0.2, 0) is 32.2 Å². The molecule has 2 aromatic rings. The van der Waals surface area contributed by atoms with Gasteiger partial charge in [-0.2, -0.15) is 0 Å². The van der Waals surface area contributed by atoms with Crippen molar-refractivity contribution in [3.05, 3.63) is 71.8 Å². The number of rotatable bonds is 6. The molecule has 0 N–H and O–H groups in total. The van der Waals surface area contributed by atoms with Crippen LogP contribution in [0, 0.1) is 5.92 Å².